The fourth-order valence-electron chi connectivity index (χ4n) is 7.30. The number of hydrogen-bond acceptors (Lipinski definition) is 10. The van der Waals surface area contributed by atoms with Crippen molar-refractivity contribution in [1.29, 1.82) is 0 Å². The summed E-state index contributed by atoms with van der Waals surface area (Å²) in [5, 5.41) is 21.4. The van der Waals surface area contributed by atoms with E-state index in [4.69, 9.17) is 28.4 Å². The molecule has 0 bridgehead atoms. The molecule has 17 heteroatoms. The largest absolute Gasteiger partial charge is 2.00 e. The summed E-state index contributed by atoms with van der Waals surface area (Å²) in [4.78, 5) is 21.4. The number of benzene rings is 6. The smallest absolute Gasteiger partial charge is 0.548 e. The van der Waals surface area contributed by atoms with Crippen LogP contribution in [0.5, 0.6) is 11.5 Å². The first kappa shape index (κ1) is 50.9. The standard InChI is InChI=1S/2C25H21F3O5.Ca/c2*26-25(27,28)22-7-2-1-6-21(22)18-5-3-4-17(12-18)13-32-20-10-8-19(9-11-20)24(15-31-16-24)33-14-23(29)30;/h2*1-12H,13-16H2,(H,29,30);/q;;+2/p-2. The molecule has 2 saturated heterocycles. The molecular weight excluding hydrogens is 915 g/mol. The van der Waals surface area contributed by atoms with Gasteiger partial charge in [-0.2, -0.15) is 26.3 Å². The van der Waals surface area contributed by atoms with Crippen LogP contribution in [-0.4, -0.2) is 89.3 Å². The van der Waals surface area contributed by atoms with Gasteiger partial charge in [0.15, 0.2) is 0 Å². The van der Waals surface area contributed by atoms with Crippen molar-refractivity contribution in [1.82, 2.24) is 0 Å². The fourth-order valence-corrected chi connectivity index (χ4v) is 7.30. The number of ether oxygens (including phenoxy) is 6. The van der Waals surface area contributed by atoms with Gasteiger partial charge in [-0.1, -0.05) is 97.1 Å². The summed E-state index contributed by atoms with van der Waals surface area (Å²) in [5.41, 5.74) is 1.07. The summed E-state index contributed by atoms with van der Waals surface area (Å²) < 4.78 is 113. The number of halogens is 6. The van der Waals surface area contributed by atoms with Crippen LogP contribution in [0.15, 0.2) is 146 Å². The number of carbonyl (C=O) groups excluding carboxylic acids is 2. The summed E-state index contributed by atoms with van der Waals surface area (Å²) in [5.74, 6) is -1.51. The van der Waals surface area contributed by atoms with E-state index >= 15 is 0 Å². The van der Waals surface area contributed by atoms with Crippen molar-refractivity contribution in [2.75, 3.05) is 39.6 Å². The fraction of sp³-hybridized carbons (Fsp3) is 0.240. The first-order valence-corrected chi connectivity index (χ1v) is 20.3. The molecule has 0 saturated carbocycles. The molecule has 0 radical (unpaired) electrons. The van der Waals surface area contributed by atoms with Crippen molar-refractivity contribution < 1.29 is 74.6 Å². The molecule has 0 unspecified atom stereocenters. The molecule has 0 N–H and O–H groups in total. The SMILES string of the molecule is O=C([O-])COC1(c2ccc(OCc3cccc(-c4ccccc4C(F)(F)F)c3)cc2)COC1.O=C([O-])COC1(c2ccc(OCc3cccc(-c4ccccc4C(F)(F)F)c3)cc2)COC1.[Ca+2]. The summed E-state index contributed by atoms with van der Waals surface area (Å²) in [6.45, 7) is 0.233. The zero-order chi connectivity index (χ0) is 47.0. The number of alkyl halides is 6. The van der Waals surface area contributed by atoms with Gasteiger partial charge >= 0.3 is 50.1 Å². The van der Waals surface area contributed by atoms with Crippen LogP contribution in [0.1, 0.15) is 33.4 Å². The minimum absolute atomic E-state index is 0. The van der Waals surface area contributed by atoms with Crippen molar-refractivity contribution in [3.63, 3.8) is 0 Å². The van der Waals surface area contributed by atoms with Crippen molar-refractivity contribution in [3.05, 3.63) is 179 Å². The number of carboxylic acid groups (broad SMARTS) is 2. The molecule has 6 aromatic carbocycles. The van der Waals surface area contributed by atoms with E-state index in [1.54, 1.807) is 109 Å². The number of rotatable bonds is 16. The molecule has 2 aliphatic rings. The second kappa shape index (κ2) is 22.1. The van der Waals surface area contributed by atoms with Gasteiger partial charge in [-0.25, -0.2) is 0 Å². The van der Waals surface area contributed by atoms with Gasteiger partial charge in [0, 0.05) is 0 Å². The normalized spacial score (nSPS) is 14.8. The second-order valence-electron chi connectivity index (χ2n) is 15.4. The Hall–Kier alpha value is -5.46. The molecule has 0 aromatic heterocycles. The zero-order valence-corrected chi connectivity index (χ0v) is 37.8. The molecular formula is C50H40CaF6O10. The Balaban J connectivity index is 0.000000218. The molecule has 2 aliphatic heterocycles. The summed E-state index contributed by atoms with van der Waals surface area (Å²) in [6.07, 6.45) is -8.89. The monoisotopic (exact) mass is 954 g/mol. The molecule has 0 spiro atoms. The minimum Gasteiger partial charge on any atom is -0.548 e. The number of carbonyl (C=O) groups is 2. The average molecular weight is 955 g/mol. The van der Waals surface area contributed by atoms with Gasteiger partial charge in [0.25, 0.3) is 0 Å². The molecule has 10 nitrogen and oxygen atoms in total. The molecule has 6 aromatic rings. The molecule has 0 aliphatic carbocycles. The van der Waals surface area contributed by atoms with Crippen LogP contribution >= 0.6 is 0 Å². The van der Waals surface area contributed by atoms with Crippen LogP contribution in [0.25, 0.3) is 22.3 Å². The Morgan fingerprint density at radius 2 is 0.866 bits per heavy atom. The van der Waals surface area contributed by atoms with E-state index in [0.29, 0.717) is 22.6 Å². The maximum atomic E-state index is 13.4. The van der Waals surface area contributed by atoms with E-state index in [9.17, 15) is 46.1 Å². The predicted octanol–water partition coefficient (Wildman–Crippen LogP) is 7.51. The average Bonchev–Trinajstić information content (AvgIpc) is 3.27. The van der Waals surface area contributed by atoms with Gasteiger partial charge in [0.05, 0.1) is 62.7 Å². The summed E-state index contributed by atoms with van der Waals surface area (Å²) >= 11 is 0. The summed E-state index contributed by atoms with van der Waals surface area (Å²) in [6, 6.07) is 38.4. The molecule has 344 valence electrons. The van der Waals surface area contributed by atoms with E-state index < -0.39 is 59.8 Å². The molecule has 0 amide bonds. The Morgan fingerprint density at radius 3 is 1.18 bits per heavy atom. The Bertz CT molecular complexity index is 2430. The third kappa shape index (κ3) is 13.0. The van der Waals surface area contributed by atoms with Gasteiger partial charge in [0.1, 0.15) is 35.9 Å². The third-order valence-electron chi connectivity index (χ3n) is 10.8. The molecule has 2 fully saturated rings. The maximum absolute atomic E-state index is 13.4. The quantitative estimate of drug-likeness (QED) is 0.0709. The molecule has 67 heavy (non-hydrogen) atoms. The molecule has 2 heterocycles. The van der Waals surface area contributed by atoms with Crippen LogP contribution in [0.3, 0.4) is 0 Å². The maximum Gasteiger partial charge on any atom is 2.00 e. The van der Waals surface area contributed by atoms with Crippen molar-refractivity contribution in [2.45, 2.75) is 36.8 Å². The van der Waals surface area contributed by atoms with E-state index in [-0.39, 0.29) is 88.5 Å². The Kier molecular flexibility index (Phi) is 16.8. The predicted molar refractivity (Wildman–Crippen MR) is 228 cm³/mol. The number of carboxylic acids is 2. The third-order valence-corrected chi connectivity index (χ3v) is 10.8. The van der Waals surface area contributed by atoms with E-state index in [1.807, 2.05) is 0 Å². The number of aliphatic carboxylic acids is 2. The van der Waals surface area contributed by atoms with E-state index in [0.717, 1.165) is 34.4 Å². The van der Waals surface area contributed by atoms with E-state index in [1.165, 1.54) is 24.3 Å². The number of hydrogen-bond donors (Lipinski definition) is 0. The van der Waals surface area contributed by atoms with Crippen molar-refractivity contribution in [2.24, 2.45) is 0 Å². The van der Waals surface area contributed by atoms with Crippen LogP contribution in [0, 0.1) is 0 Å². The van der Waals surface area contributed by atoms with Gasteiger partial charge in [0.2, 0.25) is 0 Å². The first-order chi connectivity index (χ1) is 31.5. The summed E-state index contributed by atoms with van der Waals surface area (Å²) in [7, 11) is 0. The van der Waals surface area contributed by atoms with Gasteiger partial charge in [-0.05, 0) is 93.0 Å². The van der Waals surface area contributed by atoms with Crippen LogP contribution < -0.4 is 19.7 Å². The van der Waals surface area contributed by atoms with E-state index in [2.05, 4.69) is 0 Å². The van der Waals surface area contributed by atoms with Gasteiger partial charge in [-0.3, -0.25) is 0 Å². The Morgan fingerprint density at radius 1 is 0.507 bits per heavy atom. The van der Waals surface area contributed by atoms with Crippen molar-refractivity contribution >= 4 is 49.7 Å². The van der Waals surface area contributed by atoms with Crippen LogP contribution in [0.2, 0.25) is 0 Å². The van der Waals surface area contributed by atoms with Crippen LogP contribution in [0.4, 0.5) is 26.3 Å². The zero-order valence-electron chi connectivity index (χ0n) is 35.6. The van der Waals surface area contributed by atoms with Crippen molar-refractivity contribution in [3.8, 4) is 33.8 Å². The van der Waals surface area contributed by atoms with Gasteiger partial charge in [-0.15, -0.1) is 0 Å². The minimum atomic E-state index is -4.45. The second-order valence-corrected chi connectivity index (χ2v) is 15.4. The molecule has 8 rings (SSSR count). The van der Waals surface area contributed by atoms with Crippen LogP contribution in [-0.2, 0) is 65.3 Å². The topological polar surface area (TPSA) is 136 Å². The Labute approximate surface area is 411 Å². The molecule has 0 atom stereocenters. The van der Waals surface area contributed by atoms with Gasteiger partial charge < -0.3 is 48.2 Å². The first-order valence-electron chi connectivity index (χ1n) is 20.3.